The number of H-pyrrole nitrogens is 1. The van der Waals surface area contributed by atoms with Crippen molar-refractivity contribution >= 4 is 28.6 Å². The third-order valence-electron chi connectivity index (χ3n) is 5.50. The summed E-state index contributed by atoms with van der Waals surface area (Å²) >= 11 is 0. The fraction of sp³-hybridized carbons (Fsp3) is 0.381. The predicted octanol–water partition coefficient (Wildman–Crippen LogP) is 3.48. The number of nitrogens with zero attached hydrogens (tertiary/aromatic N) is 2. The Hall–Kier alpha value is -3.38. The minimum atomic E-state index is -4.68. The highest BCUT2D eigenvalue weighted by molar-refractivity contribution is 6.05. The number of alkyl halides is 3. The highest BCUT2D eigenvalue weighted by atomic mass is 19.4. The molecular formula is C21H23F3N6O3. The molecule has 1 fully saturated rings. The van der Waals surface area contributed by atoms with Crippen LogP contribution in [0.2, 0.25) is 0 Å². The van der Waals surface area contributed by atoms with Gasteiger partial charge in [-0.05, 0) is 19.4 Å². The van der Waals surface area contributed by atoms with Gasteiger partial charge in [0, 0.05) is 41.5 Å². The number of ether oxygens (including phenoxy) is 1. The number of hydrogen-bond acceptors (Lipinski definition) is 7. The summed E-state index contributed by atoms with van der Waals surface area (Å²) in [5.41, 5.74) is -0.184. The Morgan fingerprint density at radius 1 is 1.36 bits per heavy atom. The van der Waals surface area contributed by atoms with E-state index in [-0.39, 0.29) is 28.9 Å². The molecule has 0 unspecified atom stereocenters. The average molecular weight is 464 g/mol. The molecule has 0 bridgehead atoms. The van der Waals surface area contributed by atoms with Crippen LogP contribution in [-0.2, 0) is 17.5 Å². The van der Waals surface area contributed by atoms with Crippen molar-refractivity contribution in [2.24, 2.45) is 0 Å². The van der Waals surface area contributed by atoms with Crippen LogP contribution in [0.5, 0.6) is 0 Å². The molecule has 33 heavy (non-hydrogen) atoms. The lowest BCUT2D eigenvalue weighted by Crippen LogP contribution is -2.38. The second-order valence-electron chi connectivity index (χ2n) is 7.64. The molecule has 12 heteroatoms. The van der Waals surface area contributed by atoms with Gasteiger partial charge >= 0.3 is 12.3 Å². The molecule has 1 saturated heterocycles. The lowest BCUT2D eigenvalue weighted by Gasteiger charge is -2.24. The van der Waals surface area contributed by atoms with Gasteiger partial charge in [0.2, 0.25) is 5.95 Å². The molecule has 3 heterocycles. The number of anilines is 2. The summed E-state index contributed by atoms with van der Waals surface area (Å²) in [6.07, 6.45) is -1.50. The van der Waals surface area contributed by atoms with Crippen LogP contribution < -0.4 is 16.0 Å². The number of benzene rings is 1. The lowest BCUT2D eigenvalue weighted by atomic mass is 10.0. The predicted molar refractivity (Wildman–Crippen MR) is 116 cm³/mol. The van der Waals surface area contributed by atoms with E-state index in [1.165, 1.54) is 19.4 Å². The van der Waals surface area contributed by atoms with Crippen LogP contribution in [0, 0.1) is 0 Å². The molecule has 9 nitrogen and oxygen atoms in total. The van der Waals surface area contributed by atoms with E-state index in [1.807, 2.05) is 0 Å². The van der Waals surface area contributed by atoms with Crippen LogP contribution in [0.1, 0.15) is 24.0 Å². The number of amides is 1. The Morgan fingerprint density at radius 3 is 2.85 bits per heavy atom. The van der Waals surface area contributed by atoms with Crippen molar-refractivity contribution in [1.82, 2.24) is 20.3 Å². The molecule has 176 valence electrons. The molecule has 4 rings (SSSR count). The summed E-state index contributed by atoms with van der Waals surface area (Å²) in [7, 11) is 1.18. The van der Waals surface area contributed by atoms with E-state index in [0.717, 1.165) is 25.6 Å². The maximum atomic E-state index is 13.8. The summed E-state index contributed by atoms with van der Waals surface area (Å²) in [5.74, 6) is 0.0981. The quantitative estimate of drug-likeness (QED) is 0.392. The zero-order chi connectivity index (χ0) is 23.6. The van der Waals surface area contributed by atoms with Crippen LogP contribution >= 0.6 is 0 Å². The molecule has 0 spiro atoms. The Labute approximate surface area is 186 Å². The van der Waals surface area contributed by atoms with Gasteiger partial charge in [0.15, 0.2) is 0 Å². The van der Waals surface area contributed by atoms with Crippen LogP contribution in [-0.4, -0.2) is 52.4 Å². The number of aliphatic hydroxyl groups excluding tert-OH is 1. The Bertz CT molecular complexity index is 1160. The summed E-state index contributed by atoms with van der Waals surface area (Å²) in [5, 5.41) is 18.9. The van der Waals surface area contributed by atoms with Crippen LogP contribution in [0.25, 0.3) is 22.2 Å². The number of nitrogens with one attached hydrogen (secondary N) is 4. The summed E-state index contributed by atoms with van der Waals surface area (Å²) in [6, 6.07) is 3.09. The van der Waals surface area contributed by atoms with Crippen molar-refractivity contribution in [2.75, 3.05) is 30.8 Å². The van der Waals surface area contributed by atoms with E-state index in [9.17, 15) is 23.1 Å². The third-order valence-corrected chi connectivity index (χ3v) is 5.50. The largest absolute Gasteiger partial charge is 0.453 e. The van der Waals surface area contributed by atoms with E-state index < -0.39 is 24.4 Å². The number of carbonyl (C=O) groups excluding carboxylic acids is 1. The molecule has 0 aliphatic carbocycles. The fourth-order valence-corrected chi connectivity index (χ4v) is 3.89. The molecule has 1 aromatic carbocycles. The van der Waals surface area contributed by atoms with Gasteiger partial charge < -0.3 is 25.5 Å². The smallest absolute Gasteiger partial charge is 0.419 e. The van der Waals surface area contributed by atoms with Crippen LogP contribution in [0.15, 0.2) is 24.5 Å². The SMILES string of the molecule is COC(=O)Nc1c(CO)ccc2c(-c3nc(N[C@H]4CCCNC4)ncc3C(F)(F)F)c[nH]c12. The zero-order valence-electron chi connectivity index (χ0n) is 17.7. The minimum absolute atomic E-state index is 0.00859. The first-order valence-corrected chi connectivity index (χ1v) is 10.3. The van der Waals surface area contributed by atoms with Gasteiger partial charge in [-0.1, -0.05) is 12.1 Å². The van der Waals surface area contributed by atoms with Crippen molar-refractivity contribution in [2.45, 2.75) is 31.7 Å². The van der Waals surface area contributed by atoms with E-state index in [2.05, 4.69) is 35.6 Å². The second kappa shape index (κ2) is 9.24. The molecule has 2 aromatic heterocycles. The summed E-state index contributed by atoms with van der Waals surface area (Å²) < 4.78 is 46.1. The van der Waals surface area contributed by atoms with Gasteiger partial charge in [-0.2, -0.15) is 13.2 Å². The highest BCUT2D eigenvalue weighted by Crippen LogP contribution is 2.40. The molecule has 1 amide bonds. The van der Waals surface area contributed by atoms with E-state index in [1.54, 1.807) is 6.07 Å². The monoisotopic (exact) mass is 464 g/mol. The van der Waals surface area contributed by atoms with Gasteiger partial charge in [0.25, 0.3) is 0 Å². The van der Waals surface area contributed by atoms with Gasteiger partial charge in [-0.3, -0.25) is 5.32 Å². The number of halogens is 3. The maximum Gasteiger partial charge on any atom is 0.419 e. The van der Waals surface area contributed by atoms with Gasteiger partial charge in [0.05, 0.1) is 30.6 Å². The summed E-state index contributed by atoms with van der Waals surface area (Å²) in [4.78, 5) is 22.8. The molecule has 0 saturated carbocycles. The van der Waals surface area contributed by atoms with E-state index in [0.29, 0.717) is 23.0 Å². The van der Waals surface area contributed by atoms with Crippen molar-refractivity contribution in [3.63, 3.8) is 0 Å². The second-order valence-corrected chi connectivity index (χ2v) is 7.64. The topological polar surface area (TPSA) is 124 Å². The first kappa shape index (κ1) is 22.8. The van der Waals surface area contributed by atoms with Crippen LogP contribution in [0.3, 0.4) is 0 Å². The van der Waals surface area contributed by atoms with E-state index in [4.69, 9.17) is 0 Å². The number of methoxy groups -OCH3 is 1. The average Bonchev–Trinajstić information content (AvgIpc) is 3.23. The minimum Gasteiger partial charge on any atom is -0.453 e. The number of rotatable bonds is 5. The fourth-order valence-electron chi connectivity index (χ4n) is 3.89. The maximum absolute atomic E-state index is 13.8. The number of hydrogen-bond donors (Lipinski definition) is 5. The van der Waals surface area contributed by atoms with Crippen molar-refractivity contribution < 1.29 is 27.8 Å². The molecule has 1 aliphatic rings. The Morgan fingerprint density at radius 2 is 2.18 bits per heavy atom. The van der Waals surface area contributed by atoms with Crippen molar-refractivity contribution in [3.8, 4) is 11.3 Å². The van der Waals surface area contributed by atoms with Crippen molar-refractivity contribution in [3.05, 3.63) is 35.7 Å². The summed E-state index contributed by atoms with van der Waals surface area (Å²) in [6.45, 7) is 1.16. The highest BCUT2D eigenvalue weighted by Gasteiger charge is 2.36. The standard InChI is InChI=1S/C21H23F3N6O3/c1-33-20(32)30-16-11(10-31)4-5-13-14(8-26-18(13)16)17-15(21(22,23)24)9-27-19(29-17)28-12-3-2-6-25-7-12/h4-5,8-9,12,25-26,31H,2-3,6-7,10H2,1H3,(H,30,32)(H,27,28,29)/t12-/m0/s1. The molecule has 1 atom stereocenters. The first-order chi connectivity index (χ1) is 15.8. The Balaban J connectivity index is 1.82. The van der Waals surface area contributed by atoms with Crippen LogP contribution in [0.4, 0.5) is 29.6 Å². The number of aliphatic hydroxyl groups is 1. The number of carbonyl (C=O) groups is 1. The van der Waals surface area contributed by atoms with Gasteiger partial charge in [-0.15, -0.1) is 0 Å². The lowest BCUT2D eigenvalue weighted by molar-refractivity contribution is -0.137. The zero-order valence-corrected chi connectivity index (χ0v) is 17.7. The number of fused-ring (bicyclic) bond motifs is 1. The molecule has 5 N–H and O–H groups in total. The normalized spacial score (nSPS) is 16.6. The van der Waals surface area contributed by atoms with Gasteiger partial charge in [-0.25, -0.2) is 14.8 Å². The van der Waals surface area contributed by atoms with E-state index >= 15 is 0 Å². The Kier molecular flexibility index (Phi) is 6.38. The molecule has 1 aliphatic heterocycles. The number of aromatic amines is 1. The molecule has 0 radical (unpaired) electrons. The number of aromatic nitrogens is 3. The number of piperidine rings is 1. The molecular weight excluding hydrogens is 441 g/mol. The molecule has 3 aromatic rings. The first-order valence-electron chi connectivity index (χ1n) is 10.3. The third kappa shape index (κ3) is 4.71. The van der Waals surface area contributed by atoms with Crippen molar-refractivity contribution in [1.29, 1.82) is 0 Å². The van der Waals surface area contributed by atoms with Gasteiger partial charge in [0.1, 0.15) is 5.56 Å².